The molecule has 62 valence electrons. The molecule has 0 heterocycles. The molecule has 0 unspecified atom stereocenters. The van der Waals surface area contributed by atoms with Gasteiger partial charge in [0, 0.05) is 0 Å². The number of primary amides is 1. The number of para-hydroxylation sites is 1. The molecule has 0 fully saturated rings. The topological polar surface area (TPSA) is 81.8 Å². The predicted molar refractivity (Wildman–Crippen MR) is 42.1 cm³/mol. The highest BCUT2D eigenvalue weighted by molar-refractivity contribution is 5.70. The lowest BCUT2D eigenvalue weighted by Crippen LogP contribution is -2.16. The van der Waals surface area contributed by atoms with Crippen LogP contribution in [0.5, 0.6) is 5.75 Å². The van der Waals surface area contributed by atoms with Crippen molar-refractivity contribution >= 4 is 11.8 Å². The number of nitroso groups, excluding NO2 is 1. The Bertz CT molecular complexity index is 311. The summed E-state index contributed by atoms with van der Waals surface area (Å²) in [5, 5.41) is 2.64. The fraction of sp³-hybridized carbons (Fsp3) is 0. The van der Waals surface area contributed by atoms with Gasteiger partial charge in [-0.3, -0.25) is 0 Å². The summed E-state index contributed by atoms with van der Waals surface area (Å²) in [5.41, 5.74) is 4.80. The molecule has 0 saturated heterocycles. The largest absolute Gasteiger partial charge is 0.410 e. The molecular weight excluding hydrogens is 160 g/mol. The molecule has 0 saturated carbocycles. The summed E-state index contributed by atoms with van der Waals surface area (Å²) in [4.78, 5) is 20.4. The number of hydrogen-bond donors (Lipinski definition) is 1. The molecule has 2 N–H and O–H groups in total. The van der Waals surface area contributed by atoms with Crippen LogP contribution in [0, 0.1) is 4.91 Å². The molecule has 0 atom stereocenters. The minimum atomic E-state index is -0.967. The summed E-state index contributed by atoms with van der Waals surface area (Å²) in [6.45, 7) is 0. The van der Waals surface area contributed by atoms with Crippen molar-refractivity contribution in [3.63, 3.8) is 0 Å². The van der Waals surface area contributed by atoms with Gasteiger partial charge in [0.1, 0.15) is 0 Å². The number of benzene rings is 1. The van der Waals surface area contributed by atoms with Crippen molar-refractivity contribution < 1.29 is 9.53 Å². The molecule has 0 aliphatic rings. The maximum Gasteiger partial charge on any atom is 0.410 e. The van der Waals surface area contributed by atoms with Crippen LogP contribution in [0.3, 0.4) is 0 Å². The fourth-order valence-electron chi connectivity index (χ4n) is 0.727. The third kappa shape index (κ3) is 1.79. The van der Waals surface area contributed by atoms with Crippen molar-refractivity contribution in [1.82, 2.24) is 0 Å². The number of ether oxygens (including phenoxy) is 1. The lowest BCUT2D eigenvalue weighted by atomic mass is 10.3. The molecule has 1 aromatic rings. The van der Waals surface area contributed by atoms with E-state index in [-0.39, 0.29) is 11.4 Å². The van der Waals surface area contributed by atoms with Crippen molar-refractivity contribution in [2.75, 3.05) is 0 Å². The molecule has 1 aromatic carbocycles. The number of hydrogen-bond acceptors (Lipinski definition) is 4. The van der Waals surface area contributed by atoms with Crippen molar-refractivity contribution in [3.05, 3.63) is 29.2 Å². The SMILES string of the molecule is NC(=O)Oc1ccccc1N=O. The van der Waals surface area contributed by atoms with E-state index in [9.17, 15) is 9.70 Å². The Kier molecular flexibility index (Phi) is 2.37. The maximum atomic E-state index is 10.3. The van der Waals surface area contributed by atoms with E-state index in [1.165, 1.54) is 12.1 Å². The highest BCUT2D eigenvalue weighted by Crippen LogP contribution is 2.25. The number of carbonyl (C=O) groups excluding carboxylic acids is 1. The van der Waals surface area contributed by atoms with Gasteiger partial charge in [0.2, 0.25) is 0 Å². The van der Waals surface area contributed by atoms with E-state index in [1.807, 2.05) is 0 Å². The Hall–Kier alpha value is -1.91. The van der Waals surface area contributed by atoms with Crippen LogP contribution in [0.4, 0.5) is 10.5 Å². The van der Waals surface area contributed by atoms with Gasteiger partial charge in [-0.05, 0) is 17.3 Å². The van der Waals surface area contributed by atoms with Crippen LogP contribution in [0.2, 0.25) is 0 Å². The van der Waals surface area contributed by atoms with E-state index in [0.29, 0.717) is 0 Å². The minimum Gasteiger partial charge on any atom is -0.408 e. The van der Waals surface area contributed by atoms with Gasteiger partial charge in [0.15, 0.2) is 11.4 Å². The predicted octanol–water partition coefficient (Wildman–Crippen LogP) is 1.54. The molecule has 0 radical (unpaired) electrons. The van der Waals surface area contributed by atoms with E-state index in [0.717, 1.165) is 0 Å². The molecule has 5 heteroatoms. The lowest BCUT2D eigenvalue weighted by molar-refractivity contribution is 0.211. The van der Waals surface area contributed by atoms with Crippen molar-refractivity contribution in [2.24, 2.45) is 10.9 Å². The van der Waals surface area contributed by atoms with Crippen LogP contribution < -0.4 is 10.5 Å². The van der Waals surface area contributed by atoms with Crippen LogP contribution in [0.15, 0.2) is 29.4 Å². The Morgan fingerprint density at radius 2 is 2.08 bits per heavy atom. The number of amides is 1. The highest BCUT2D eigenvalue weighted by Gasteiger charge is 2.04. The van der Waals surface area contributed by atoms with Gasteiger partial charge >= 0.3 is 6.09 Å². The van der Waals surface area contributed by atoms with Gasteiger partial charge in [-0.15, -0.1) is 4.91 Å². The first kappa shape index (κ1) is 8.19. The first-order chi connectivity index (χ1) is 5.74. The molecule has 5 nitrogen and oxygen atoms in total. The lowest BCUT2D eigenvalue weighted by Gasteiger charge is -2.00. The Balaban J connectivity index is 2.96. The Labute approximate surface area is 68.1 Å². The van der Waals surface area contributed by atoms with Crippen LogP contribution >= 0.6 is 0 Å². The quantitative estimate of drug-likeness (QED) is 0.676. The number of nitrogens with two attached hydrogens (primary N) is 1. The summed E-state index contributed by atoms with van der Waals surface area (Å²) >= 11 is 0. The first-order valence-electron chi connectivity index (χ1n) is 3.13. The second kappa shape index (κ2) is 3.47. The second-order valence-corrected chi connectivity index (χ2v) is 1.98. The molecule has 0 aliphatic carbocycles. The van der Waals surface area contributed by atoms with Gasteiger partial charge in [-0.25, -0.2) is 4.79 Å². The molecule has 0 aliphatic heterocycles. The normalized spacial score (nSPS) is 9.00. The van der Waals surface area contributed by atoms with E-state index >= 15 is 0 Å². The molecule has 12 heavy (non-hydrogen) atoms. The van der Waals surface area contributed by atoms with Gasteiger partial charge in [0.05, 0.1) is 0 Å². The van der Waals surface area contributed by atoms with Crippen molar-refractivity contribution in [2.45, 2.75) is 0 Å². The molecule has 0 spiro atoms. The zero-order valence-corrected chi connectivity index (χ0v) is 6.06. The van der Waals surface area contributed by atoms with Crippen molar-refractivity contribution in [3.8, 4) is 5.75 Å². The van der Waals surface area contributed by atoms with Crippen LogP contribution in [-0.2, 0) is 0 Å². The van der Waals surface area contributed by atoms with Gasteiger partial charge in [-0.1, -0.05) is 12.1 Å². The average molecular weight is 166 g/mol. The summed E-state index contributed by atoms with van der Waals surface area (Å²) < 4.78 is 4.48. The zero-order valence-electron chi connectivity index (χ0n) is 6.06. The van der Waals surface area contributed by atoms with E-state index in [4.69, 9.17) is 5.73 Å². The zero-order chi connectivity index (χ0) is 8.97. The first-order valence-corrected chi connectivity index (χ1v) is 3.13. The number of carbonyl (C=O) groups is 1. The van der Waals surface area contributed by atoms with Crippen LogP contribution in [0.1, 0.15) is 0 Å². The standard InChI is InChI=1S/C7H6N2O3/c8-7(10)12-6-4-2-1-3-5(6)9-11/h1-4H,(H2,8,10). The van der Waals surface area contributed by atoms with Gasteiger partial charge < -0.3 is 10.5 Å². The highest BCUT2D eigenvalue weighted by atomic mass is 16.5. The fourth-order valence-corrected chi connectivity index (χ4v) is 0.727. The summed E-state index contributed by atoms with van der Waals surface area (Å²) in [6.07, 6.45) is -0.967. The van der Waals surface area contributed by atoms with E-state index < -0.39 is 6.09 Å². The van der Waals surface area contributed by atoms with Crippen LogP contribution in [0.25, 0.3) is 0 Å². The number of nitrogens with zero attached hydrogens (tertiary/aromatic N) is 1. The molecular formula is C7H6N2O3. The summed E-state index contributed by atoms with van der Waals surface area (Å²) in [7, 11) is 0. The van der Waals surface area contributed by atoms with Crippen molar-refractivity contribution in [1.29, 1.82) is 0 Å². The summed E-state index contributed by atoms with van der Waals surface area (Å²) in [5.74, 6) is 0.0694. The molecule has 1 rings (SSSR count). The van der Waals surface area contributed by atoms with Gasteiger partial charge in [0.25, 0.3) is 0 Å². The van der Waals surface area contributed by atoms with E-state index in [2.05, 4.69) is 9.91 Å². The summed E-state index contributed by atoms with van der Waals surface area (Å²) in [6, 6.07) is 6.06. The average Bonchev–Trinajstić information content (AvgIpc) is 2.04. The van der Waals surface area contributed by atoms with Gasteiger partial charge in [-0.2, -0.15) is 0 Å². The third-order valence-corrected chi connectivity index (χ3v) is 1.17. The monoisotopic (exact) mass is 166 g/mol. The minimum absolute atomic E-state index is 0.0521. The van der Waals surface area contributed by atoms with E-state index in [1.54, 1.807) is 12.1 Å². The second-order valence-electron chi connectivity index (χ2n) is 1.98. The molecule has 0 bridgehead atoms. The smallest absolute Gasteiger partial charge is 0.408 e. The third-order valence-electron chi connectivity index (χ3n) is 1.17. The maximum absolute atomic E-state index is 10.3. The molecule has 1 amide bonds. The van der Waals surface area contributed by atoms with Crippen LogP contribution in [-0.4, -0.2) is 6.09 Å². The number of rotatable bonds is 2. The molecule has 0 aromatic heterocycles. The Morgan fingerprint density at radius 1 is 1.42 bits per heavy atom. The Morgan fingerprint density at radius 3 is 2.67 bits per heavy atom.